The second kappa shape index (κ2) is 4.91. The summed E-state index contributed by atoms with van der Waals surface area (Å²) < 4.78 is 28.0. The molecule has 1 aromatic carbocycles. The number of anilines is 1. The van der Waals surface area contributed by atoms with Crippen LogP contribution in [0.25, 0.3) is 0 Å². The summed E-state index contributed by atoms with van der Waals surface area (Å²) in [5, 5.41) is 12.6. The largest absolute Gasteiger partial charge is 0.274 e. The number of aromatic nitrogens is 2. The minimum atomic E-state index is -3.82. The average Bonchev–Trinajstić information content (AvgIpc) is 2.73. The Morgan fingerprint density at radius 2 is 2.16 bits per heavy atom. The molecule has 98 valence electrons. The van der Waals surface area contributed by atoms with Crippen molar-refractivity contribution in [2.45, 2.75) is 4.90 Å². The van der Waals surface area contributed by atoms with E-state index >= 15 is 0 Å². The average molecular weight is 297 g/mol. The third-order valence-corrected chi connectivity index (χ3v) is 4.14. The number of aryl methyl sites for hydroxylation is 1. The number of hydrogen-bond acceptors (Lipinski definition) is 4. The van der Waals surface area contributed by atoms with E-state index < -0.39 is 10.0 Å². The lowest BCUT2D eigenvalue weighted by molar-refractivity contribution is 0.601. The van der Waals surface area contributed by atoms with Crippen LogP contribution in [0.2, 0.25) is 5.02 Å². The van der Waals surface area contributed by atoms with E-state index in [1.165, 1.54) is 28.9 Å². The van der Waals surface area contributed by atoms with E-state index in [4.69, 9.17) is 16.9 Å². The maximum Gasteiger partial charge on any atom is 0.264 e. The van der Waals surface area contributed by atoms with Crippen molar-refractivity contribution in [2.24, 2.45) is 7.05 Å². The van der Waals surface area contributed by atoms with E-state index in [1.54, 1.807) is 13.2 Å². The lowest BCUT2D eigenvalue weighted by Gasteiger charge is -2.07. The molecule has 0 bridgehead atoms. The van der Waals surface area contributed by atoms with Crippen molar-refractivity contribution < 1.29 is 8.42 Å². The summed E-state index contributed by atoms with van der Waals surface area (Å²) in [6.07, 6.45) is 1.61. The van der Waals surface area contributed by atoms with Crippen molar-refractivity contribution >= 4 is 27.4 Å². The summed E-state index contributed by atoms with van der Waals surface area (Å²) in [5.74, 6) is 0.197. The van der Waals surface area contributed by atoms with Gasteiger partial charge in [-0.25, -0.2) is 8.42 Å². The third-order valence-electron chi connectivity index (χ3n) is 2.30. The van der Waals surface area contributed by atoms with Gasteiger partial charge in [-0.2, -0.15) is 10.4 Å². The number of rotatable bonds is 3. The number of halogens is 1. The number of sulfonamides is 1. The van der Waals surface area contributed by atoms with Crippen LogP contribution >= 0.6 is 11.6 Å². The summed E-state index contributed by atoms with van der Waals surface area (Å²) in [6.45, 7) is 0. The molecule has 8 heteroatoms. The zero-order valence-corrected chi connectivity index (χ0v) is 11.4. The Labute approximate surface area is 115 Å². The predicted octanol–water partition coefficient (Wildman–Crippen LogP) is 1.75. The van der Waals surface area contributed by atoms with Gasteiger partial charge in [0, 0.05) is 19.3 Å². The highest BCUT2D eigenvalue weighted by Gasteiger charge is 2.19. The van der Waals surface area contributed by atoms with Crippen LogP contribution in [0.4, 0.5) is 5.82 Å². The fourth-order valence-electron chi connectivity index (χ4n) is 1.45. The maximum atomic E-state index is 12.1. The molecule has 0 atom stereocenters. The van der Waals surface area contributed by atoms with Crippen LogP contribution in [0.1, 0.15) is 5.56 Å². The van der Waals surface area contributed by atoms with Crippen molar-refractivity contribution in [2.75, 3.05) is 4.72 Å². The first-order valence-electron chi connectivity index (χ1n) is 5.14. The molecule has 19 heavy (non-hydrogen) atoms. The molecule has 0 aliphatic heterocycles. The van der Waals surface area contributed by atoms with E-state index in [0.717, 1.165) is 0 Å². The van der Waals surface area contributed by atoms with Gasteiger partial charge < -0.3 is 0 Å². The monoisotopic (exact) mass is 296 g/mol. The van der Waals surface area contributed by atoms with Gasteiger partial charge in [-0.1, -0.05) is 11.6 Å². The Kier molecular flexibility index (Phi) is 3.46. The van der Waals surface area contributed by atoms with Crippen LogP contribution < -0.4 is 4.72 Å². The number of nitrogens with zero attached hydrogens (tertiary/aromatic N) is 3. The molecular formula is C11H9ClN4O2S. The minimum absolute atomic E-state index is 0.0116. The van der Waals surface area contributed by atoms with Crippen LogP contribution in [0.3, 0.4) is 0 Å². The summed E-state index contributed by atoms with van der Waals surface area (Å²) in [6, 6.07) is 7.38. The molecule has 2 rings (SSSR count). The quantitative estimate of drug-likeness (QED) is 0.934. The number of nitrogens with one attached hydrogen (secondary N) is 1. The molecule has 0 radical (unpaired) electrons. The van der Waals surface area contributed by atoms with Crippen molar-refractivity contribution in [3.05, 3.63) is 41.0 Å². The van der Waals surface area contributed by atoms with Crippen molar-refractivity contribution in [3.8, 4) is 6.07 Å². The highest BCUT2D eigenvalue weighted by molar-refractivity contribution is 7.92. The zero-order valence-electron chi connectivity index (χ0n) is 9.83. The summed E-state index contributed by atoms with van der Waals surface area (Å²) in [4.78, 5) is -0.0983. The fourth-order valence-corrected chi connectivity index (χ4v) is 2.99. The maximum absolute atomic E-state index is 12.1. The van der Waals surface area contributed by atoms with Gasteiger partial charge in [0.15, 0.2) is 5.82 Å². The summed E-state index contributed by atoms with van der Waals surface area (Å²) in [5.41, 5.74) is 0.293. The normalized spacial score (nSPS) is 11.0. The Morgan fingerprint density at radius 3 is 2.68 bits per heavy atom. The van der Waals surface area contributed by atoms with E-state index in [1.807, 2.05) is 6.07 Å². The van der Waals surface area contributed by atoms with Crippen molar-refractivity contribution in [1.29, 1.82) is 5.26 Å². The lowest BCUT2D eigenvalue weighted by Crippen LogP contribution is -2.14. The van der Waals surface area contributed by atoms with E-state index in [0.29, 0.717) is 5.56 Å². The number of benzene rings is 1. The van der Waals surface area contributed by atoms with Gasteiger partial charge in [-0.05, 0) is 18.2 Å². The molecule has 0 saturated heterocycles. The molecule has 0 amide bonds. The van der Waals surface area contributed by atoms with Gasteiger partial charge in [0.05, 0.1) is 16.7 Å². The van der Waals surface area contributed by atoms with Gasteiger partial charge in [0.2, 0.25) is 0 Å². The van der Waals surface area contributed by atoms with Crippen molar-refractivity contribution in [3.63, 3.8) is 0 Å². The second-order valence-corrected chi connectivity index (χ2v) is 5.80. The fraction of sp³-hybridized carbons (Fsp3) is 0.0909. The van der Waals surface area contributed by atoms with Crippen LogP contribution in [-0.2, 0) is 17.1 Å². The highest BCUT2D eigenvalue weighted by atomic mass is 35.5. The Hall–Kier alpha value is -2.04. The Morgan fingerprint density at radius 1 is 1.42 bits per heavy atom. The second-order valence-electron chi connectivity index (χ2n) is 3.74. The summed E-state index contributed by atoms with van der Waals surface area (Å²) >= 11 is 5.87. The SMILES string of the molecule is Cn1ccc(NS(=O)(=O)c2ccc(C#N)cc2Cl)n1. The highest BCUT2D eigenvalue weighted by Crippen LogP contribution is 2.24. The molecule has 1 heterocycles. The first kappa shape index (κ1) is 13.4. The smallest absolute Gasteiger partial charge is 0.264 e. The van der Waals surface area contributed by atoms with Gasteiger partial charge >= 0.3 is 0 Å². The topological polar surface area (TPSA) is 87.8 Å². The first-order valence-corrected chi connectivity index (χ1v) is 7.00. The standard InChI is InChI=1S/C11H9ClN4O2S/c1-16-5-4-11(14-16)15-19(17,18)10-3-2-8(7-13)6-9(10)12/h2-6H,1H3,(H,14,15). The molecule has 2 aromatic rings. The molecule has 0 saturated carbocycles. The molecule has 1 N–H and O–H groups in total. The van der Waals surface area contributed by atoms with Gasteiger partial charge in [0.1, 0.15) is 4.90 Å². The molecule has 0 fully saturated rings. The molecule has 0 unspecified atom stereocenters. The minimum Gasteiger partial charge on any atom is -0.274 e. The molecule has 0 aliphatic carbocycles. The lowest BCUT2D eigenvalue weighted by atomic mass is 10.2. The molecule has 0 aliphatic rings. The van der Waals surface area contributed by atoms with Crippen LogP contribution in [0.5, 0.6) is 0 Å². The van der Waals surface area contributed by atoms with Gasteiger partial charge in [0.25, 0.3) is 10.0 Å². The van der Waals surface area contributed by atoms with Crippen LogP contribution in [-0.4, -0.2) is 18.2 Å². The predicted molar refractivity (Wildman–Crippen MR) is 70.2 cm³/mol. The van der Waals surface area contributed by atoms with Gasteiger partial charge in [-0.15, -0.1) is 0 Å². The van der Waals surface area contributed by atoms with Crippen LogP contribution in [0, 0.1) is 11.3 Å². The molecule has 0 spiro atoms. The van der Waals surface area contributed by atoms with E-state index in [2.05, 4.69) is 9.82 Å². The zero-order chi connectivity index (χ0) is 14.0. The number of hydrogen-bond donors (Lipinski definition) is 1. The Balaban J connectivity index is 2.37. The summed E-state index contributed by atoms with van der Waals surface area (Å²) in [7, 11) is -2.15. The molecule has 1 aromatic heterocycles. The first-order chi connectivity index (χ1) is 8.92. The number of nitriles is 1. The van der Waals surface area contributed by atoms with Crippen LogP contribution in [0.15, 0.2) is 35.4 Å². The Bertz CT molecular complexity index is 761. The van der Waals surface area contributed by atoms with Crippen molar-refractivity contribution in [1.82, 2.24) is 9.78 Å². The van der Waals surface area contributed by atoms with E-state index in [9.17, 15) is 8.42 Å². The van der Waals surface area contributed by atoms with E-state index in [-0.39, 0.29) is 15.7 Å². The molecule has 6 nitrogen and oxygen atoms in total. The third kappa shape index (κ3) is 2.86. The van der Waals surface area contributed by atoms with Gasteiger partial charge in [-0.3, -0.25) is 9.40 Å². The molecular weight excluding hydrogens is 288 g/mol.